The molecule has 0 bridgehead atoms. The summed E-state index contributed by atoms with van der Waals surface area (Å²) in [5.74, 6) is 0.857. The van der Waals surface area contributed by atoms with Crippen molar-refractivity contribution in [2.45, 2.75) is 37.5 Å². The molecule has 0 aliphatic heterocycles. The standard InChI is InChI=1S/C24H25NOS/c1-17-9-10-18(2)23(15-17)19(3)25-24(26)21-13-11-20(12-14-21)16-27-22-7-5-4-6-8-22/h4-15,19H,16H2,1-3H3,(H,25,26)/t19-/m1/s1. The summed E-state index contributed by atoms with van der Waals surface area (Å²) in [6.45, 7) is 6.19. The van der Waals surface area contributed by atoms with E-state index >= 15 is 0 Å². The normalized spacial score (nSPS) is 11.8. The molecule has 0 unspecified atom stereocenters. The summed E-state index contributed by atoms with van der Waals surface area (Å²) in [4.78, 5) is 13.9. The molecule has 3 aromatic rings. The number of amides is 1. The predicted octanol–water partition coefficient (Wildman–Crippen LogP) is 6.09. The summed E-state index contributed by atoms with van der Waals surface area (Å²) in [7, 11) is 0. The van der Waals surface area contributed by atoms with Crippen molar-refractivity contribution >= 4 is 17.7 Å². The number of benzene rings is 3. The molecule has 0 aliphatic carbocycles. The van der Waals surface area contributed by atoms with E-state index in [1.54, 1.807) is 11.8 Å². The second kappa shape index (κ2) is 8.92. The van der Waals surface area contributed by atoms with E-state index in [2.05, 4.69) is 49.5 Å². The van der Waals surface area contributed by atoms with Crippen LogP contribution in [0.1, 0.15) is 45.6 Å². The number of nitrogens with one attached hydrogen (secondary N) is 1. The molecule has 1 atom stereocenters. The molecule has 1 N–H and O–H groups in total. The number of carbonyl (C=O) groups is 1. The maximum absolute atomic E-state index is 12.6. The zero-order chi connectivity index (χ0) is 19.2. The van der Waals surface area contributed by atoms with Gasteiger partial charge >= 0.3 is 0 Å². The van der Waals surface area contributed by atoms with E-state index in [4.69, 9.17) is 0 Å². The lowest BCUT2D eigenvalue weighted by Gasteiger charge is -2.17. The molecule has 0 radical (unpaired) electrons. The summed E-state index contributed by atoms with van der Waals surface area (Å²) < 4.78 is 0. The lowest BCUT2D eigenvalue weighted by atomic mass is 9.99. The van der Waals surface area contributed by atoms with Gasteiger partial charge in [-0.2, -0.15) is 0 Å². The Morgan fingerprint density at radius 3 is 2.37 bits per heavy atom. The summed E-state index contributed by atoms with van der Waals surface area (Å²) in [6.07, 6.45) is 0. The molecule has 0 saturated carbocycles. The third-order valence-electron chi connectivity index (χ3n) is 4.61. The molecule has 27 heavy (non-hydrogen) atoms. The van der Waals surface area contributed by atoms with Gasteiger partial charge in [-0.3, -0.25) is 4.79 Å². The Morgan fingerprint density at radius 2 is 1.67 bits per heavy atom. The molecule has 0 aliphatic rings. The van der Waals surface area contributed by atoms with Crippen LogP contribution in [0.5, 0.6) is 0 Å². The lowest BCUT2D eigenvalue weighted by Crippen LogP contribution is -2.27. The number of thioether (sulfide) groups is 1. The molecule has 2 nitrogen and oxygen atoms in total. The van der Waals surface area contributed by atoms with E-state index in [1.165, 1.54) is 27.1 Å². The van der Waals surface area contributed by atoms with E-state index < -0.39 is 0 Å². The highest BCUT2D eigenvalue weighted by molar-refractivity contribution is 7.98. The van der Waals surface area contributed by atoms with Gasteiger partial charge in [-0.1, -0.05) is 54.1 Å². The van der Waals surface area contributed by atoms with Gasteiger partial charge in [0.1, 0.15) is 0 Å². The van der Waals surface area contributed by atoms with Crippen molar-refractivity contribution in [3.8, 4) is 0 Å². The van der Waals surface area contributed by atoms with Gasteiger partial charge in [0, 0.05) is 16.2 Å². The Labute approximate surface area is 166 Å². The van der Waals surface area contributed by atoms with Crippen molar-refractivity contribution in [3.05, 3.63) is 101 Å². The van der Waals surface area contributed by atoms with Crippen molar-refractivity contribution < 1.29 is 4.79 Å². The van der Waals surface area contributed by atoms with E-state index in [0.29, 0.717) is 5.56 Å². The molecule has 0 saturated heterocycles. The maximum atomic E-state index is 12.6. The number of carbonyl (C=O) groups excluding carboxylic acids is 1. The Morgan fingerprint density at radius 1 is 0.963 bits per heavy atom. The Kier molecular flexibility index (Phi) is 6.36. The quantitative estimate of drug-likeness (QED) is 0.528. The van der Waals surface area contributed by atoms with Crippen LogP contribution in [0.3, 0.4) is 0 Å². The topological polar surface area (TPSA) is 29.1 Å². The molecule has 0 fully saturated rings. The number of rotatable bonds is 6. The minimum Gasteiger partial charge on any atom is -0.346 e. The highest BCUT2D eigenvalue weighted by atomic mass is 32.2. The van der Waals surface area contributed by atoms with Crippen LogP contribution < -0.4 is 5.32 Å². The fraction of sp³-hybridized carbons (Fsp3) is 0.208. The minimum atomic E-state index is -0.0364. The third kappa shape index (κ3) is 5.24. The molecule has 3 heteroatoms. The smallest absolute Gasteiger partial charge is 0.251 e. The fourth-order valence-electron chi connectivity index (χ4n) is 3.02. The average molecular weight is 376 g/mol. The van der Waals surface area contributed by atoms with Crippen LogP contribution in [0.2, 0.25) is 0 Å². The molecule has 1 amide bonds. The zero-order valence-corrected chi connectivity index (χ0v) is 16.8. The van der Waals surface area contributed by atoms with Crippen LogP contribution >= 0.6 is 11.8 Å². The first-order valence-electron chi connectivity index (χ1n) is 9.18. The Bertz CT molecular complexity index is 903. The first-order valence-corrected chi connectivity index (χ1v) is 10.2. The van der Waals surface area contributed by atoms with Crippen molar-refractivity contribution in [2.75, 3.05) is 0 Å². The van der Waals surface area contributed by atoms with Crippen molar-refractivity contribution in [2.24, 2.45) is 0 Å². The fourth-order valence-corrected chi connectivity index (χ4v) is 3.90. The van der Waals surface area contributed by atoms with E-state index in [-0.39, 0.29) is 11.9 Å². The molecular formula is C24H25NOS. The van der Waals surface area contributed by atoms with E-state index in [9.17, 15) is 4.79 Å². The van der Waals surface area contributed by atoms with Crippen molar-refractivity contribution in [1.29, 1.82) is 0 Å². The summed E-state index contributed by atoms with van der Waals surface area (Å²) in [5, 5.41) is 3.11. The first-order chi connectivity index (χ1) is 13.0. The van der Waals surface area contributed by atoms with Crippen LogP contribution in [-0.2, 0) is 5.75 Å². The lowest BCUT2D eigenvalue weighted by molar-refractivity contribution is 0.0940. The highest BCUT2D eigenvalue weighted by Gasteiger charge is 2.13. The second-order valence-electron chi connectivity index (χ2n) is 6.85. The highest BCUT2D eigenvalue weighted by Crippen LogP contribution is 2.23. The van der Waals surface area contributed by atoms with Gasteiger partial charge in [0.2, 0.25) is 0 Å². The maximum Gasteiger partial charge on any atom is 0.251 e. The first kappa shape index (κ1) is 19.2. The Balaban J connectivity index is 1.61. The number of hydrogen-bond donors (Lipinski definition) is 1. The molecule has 3 aromatic carbocycles. The summed E-state index contributed by atoms with van der Waals surface area (Å²) in [5.41, 5.74) is 5.47. The van der Waals surface area contributed by atoms with Gasteiger partial charge in [0.25, 0.3) is 5.91 Å². The largest absolute Gasteiger partial charge is 0.346 e. The minimum absolute atomic E-state index is 0.0225. The van der Waals surface area contributed by atoms with Gasteiger partial charge in [0.15, 0.2) is 0 Å². The predicted molar refractivity (Wildman–Crippen MR) is 114 cm³/mol. The zero-order valence-electron chi connectivity index (χ0n) is 16.0. The van der Waals surface area contributed by atoms with Gasteiger partial charge in [0.05, 0.1) is 6.04 Å². The van der Waals surface area contributed by atoms with Gasteiger partial charge in [-0.15, -0.1) is 11.8 Å². The van der Waals surface area contributed by atoms with Gasteiger partial charge in [-0.05, 0) is 61.7 Å². The van der Waals surface area contributed by atoms with Crippen molar-refractivity contribution in [3.63, 3.8) is 0 Å². The SMILES string of the molecule is Cc1ccc(C)c([C@@H](C)NC(=O)c2ccc(CSc3ccccc3)cc2)c1. The van der Waals surface area contributed by atoms with Crippen LogP contribution in [0.25, 0.3) is 0 Å². The monoisotopic (exact) mass is 375 g/mol. The van der Waals surface area contributed by atoms with Crippen LogP contribution in [0.4, 0.5) is 0 Å². The van der Waals surface area contributed by atoms with Crippen molar-refractivity contribution in [1.82, 2.24) is 5.32 Å². The second-order valence-corrected chi connectivity index (χ2v) is 7.90. The van der Waals surface area contributed by atoms with Gasteiger partial charge in [-0.25, -0.2) is 0 Å². The van der Waals surface area contributed by atoms with E-state index in [1.807, 2.05) is 49.4 Å². The molecule has 138 valence electrons. The molecule has 0 spiro atoms. The summed E-state index contributed by atoms with van der Waals surface area (Å²) >= 11 is 1.80. The van der Waals surface area contributed by atoms with Crippen LogP contribution in [0.15, 0.2) is 77.7 Å². The molecular weight excluding hydrogens is 350 g/mol. The molecule has 0 heterocycles. The molecule has 3 rings (SSSR count). The average Bonchev–Trinajstić information content (AvgIpc) is 2.69. The van der Waals surface area contributed by atoms with Crippen LogP contribution in [-0.4, -0.2) is 5.91 Å². The summed E-state index contributed by atoms with van der Waals surface area (Å²) in [6, 6.07) is 24.6. The molecule has 0 aromatic heterocycles. The number of aryl methyl sites for hydroxylation is 2. The van der Waals surface area contributed by atoms with Gasteiger partial charge < -0.3 is 5.32 Å². The Hall–Kier alpha value is -2.52. The number of hydrogen-bond acceptors (Lipinski definition) is 2. The van der Waals surface area contributed by atoms with E-state index in [0.717, 1.165) is 5.75 Å². The van der Waals surface area contributed by atoms with Crippen LogP contribution in [0, 0.1) is 13.8 Å². The third-order valence-corrected chi connectivity index (χ3v) is 5.70.